The number of hydrogen-bond acceptors (Lipinski definition) is 15. The van der Waals surface area contributed by atoms with Gasteiger partial charge in [0.1, 0.15) is 19.3 Å². The van der Waals surface area contributed by atoms with E-state index in [-0.39, 0.29) is 25.7 Å². The van der Waals surface area contributed by atoms with E-state index in [4.69, 9.17) is 37.0 Å². The summed E-state index contributed by atoms with van der Waals surface area (Å²) in [6, 6.07) is 0. The molecule has 5 atom stereocenters. The van der Waals surface area contributed by atoms with Crippen molar-refractivity contribution < 1.29 is 80.2 Å². The van der Waals surface area contributed by atoms with E-state index in [9.17, 15) is 43.2 Å². The van der Waals surface area contributed by atoms with Crippen molar-refractivity contribution in [3.8, 4) is 0 Å². The van der Waals surface area contributed by atoms with Gasteiger partial charge in [-0.25, -0.2) is 9.13 Å². The minimum absolute atomic E-state index is 0.0863. The van der Waals surface area contributed by atoms with Crippen LogP contribution in [-0.2, 0) is 65.4 Å². The maximum Gasteiger partial charge on any atom is 0.472 e. The summed E-state index contributed by atoms with van der Waals surface area (Å²) in [5.74, 6) is -2.15. The summed E-state index contributed by atoms with van der Waals surface area (Å²) < 4.78 is 68.8. The van der Waals surface area contributed by atoms with Crippen molar-refractivity contribution >= 4 is 39.5 Å². The Bertz CT molecular complexity index is 2070. The molecule has 0 aliphatic heterocycles. The van der Waals surface area contributed by atoms with Crippen LogP contribution in [-0.4, -0.2) is 96.7 Å². The van der Waals surface area contributed by atoms with Crippen LogP contribution in [0.3, 0.4) is 0 Å². The number of aliphatic hydroxyl groups is 1. The molecule has 102 heavy (non-hydrogen) atoms. The molecule has 0 aromatic carbocycles. The van der Waals surface area contributed by atoms with Crippen LogP contribution < -0.4 is 0 Å². The van der Waals surface area contributed by atoms with Crippen LogP contribution in [0.4, 0.5) is 0 Å². The molecule has 2 unspecified atom stereocenters. The lowest BCUT2D eigenvalue weighted by molar-refractivity contribution is -0.161. The molecule has 0 rings (SSSR count). The molecule has 0 heterocycles. The fourth-order valence-electron chi connectivity index (χ4n) is 12.1. The molecular formula is C83H156O17P2. The van der Waals surface area contributed by atoms with Gasteiger partial charge in [0.05, 0.1) is 26.4 Å². The van der Waals surface area contributed by atoms with E-state index in [1.54, 1.807) is 0 Å². The number of aliphatic hydroxyl groups excluding tert-OH is 1. The van der Waals surface area contributed by atoms with Gasteiger partial charge in [-0.05, 0) is 83.5 Å². The summed E-state index contributed by atoms with van der Waals surface area (Å²) in [5, 5.41) is 10.7. The highest BCUT2D eigenvalue weighted by Gasteiger charge is 2.30. The van der Waals surface area contributed by atoms with Gasteiger partial charge in [-0.1, -0.05) is 340 Å². The molecule has 0 saturated heterocycles. The number of hydrogen-bond donors (Lipinski definition) is 3. The number of phosphoric acid groups is 2. The van der Waals surface area contributed by atoms with Crippen LogP contribution >= 0.6 is 15.6 Å². The van der Waals surface area contributed by atoms with E-state index < -0.39 is 97.5 Å². The highest BCUT2D eigenvalue weighted by atomic mass is 31.2. The zero-order valence-electron chi connectivity index (χ0n) is 65.8. The minimum Gasteiger partial charge on any atom is -0.462 e. The highest BCUT2D eigenvalue weighted by Crippen LogP contribution is 2.45. The van der Waals surface area contributed by atoms with Crippen molar-refractivity contribution in [2.75, 3.05) is 39.6 Å². The topological polar surface area (TPSA) is 237 Å². The molecule has 0 bridgehead atoms. The number of rotatable bonds is 81. The fraction of sp³-hybridized carbons (Fsp3) is 0.880. The van der Waals surface area contributed by atoms with Gasteiger partial charge in [0.2, 0.25) is 0 Å². The Kier molecular flexibility index (Phi) is 74.4. The minimum atomic E-state index is -4.97. The average Bonchev–Trinajstić information content (AvgIpc) is 2.02. The molecule has 0 radical (unpaired) electrons. The average molecular weight is 1490 g/mol. The number of phosphoric ester groups is 2. The van der Waals surface area contributed by atoms with Gasteiger partial charge in [-0.15, -0.1) is 0 Å². The Hall–Kier alpha value is -2.72. The first-order valence-electron chi connectivity index (χ1n) is 42.2. The Labute approximate surface area is 624 Å². The predicted molar refractivity (Wildman–Crippen MR) is 418 cm³/mol. The lowest BCUT2D eigenvalue weighted by atomic mass is 10.0. The Morgan fingerprint density at radius 2 is 0.480 bits per heavy atom. The smallest absolute Gasteiger partial charge is 0.462 e. The van der Waals surface area contributed by atoms with E-state index in [1.165, 1.54) is 212 Å². The molecule has 3 N–H and O–H groups in total. The standard InChI is InChI=1S/C83H156O17P2/c1-5-9-13-17-21-25-29-33-37-38-42-44-48-52-56-60-64-68-81(86)94-74-79(100-83(88)70-66-62-58-54-50-46-41-36-32-28-24-20-16-12-8-4)76-98-102(91,92)96-72-77(84)71-95-101(89,90)97-75-78(99-82(87)69-65-61-57-53-49-45-40-35-31-27-23-19-15-11-7-3)73-93-80(85)67-63-59-55-51-47-43-39-34-30-26-22-18-14-10-6-2/h23,27,35-36,40-41,77-79,84H,5-22,24-26,28-34,37-39,42-76H2,1-4H3,(H,89,90)(H,91,92)/b27-23-,40-35-,41-36-/t77-,78-,79-/m1/s1. The van der Waals surface area contributed by atoms with Gasteiger partial charge in [0.25, 0.3) is 0 Å². The molecule has 19 heteroatoms. The largest absolute Gasteiger partial charge is 0.472 e. The van der Waals surface area contributed by atoms with Crippen LogP contribution in [0.15, 0.2) is 36.5 Å². The highest BCUT2D eigenvalue weighted by molar-refractivity contribution is 7.47. The molecule has 17 nitrogen and oxygen atoms in total. The number of allylic oxidation sites excluding steroid dienone is 6. The second kappa shape index (κ2) is 76.5. The molecule has 0 aromatic rings. The number of carbonyl (C=O) groups is 4. The van der Waals surface area contributed by atoms with Gasteiger partial charge in [-0.2, -0.15) is 0 Å². The molecule has 0 amide bonds. The first-order chi connectivity index (χ1) is 49.7. The number of esters is 4. The van der Waals surface area contributed by atoms with Crippen LogP contribution in [0.1, 0.15) is 413 Å². The van der Waals surface area contributed by atoms with E-state index in [2.05, 4.69) is 64.2 Å². The van der Waals surface area contributed by atoms with E-state index in [1.807, 2.05) is 0 Å². The van der Waals surface area contributed by atoms with Crippen molar-refractivity contribution in [2.45, 2.75) is 431 Å². The molecule has 0 aromatic heterocycles. The SMILES string of the molecule is CCCCC/C=C\C/C=C\CCCCCCCC(=O)O[C@H](COC(=O)CCCCCCCCCCCCCCCCC)COP(=O)(O)OC[C@@H](O)COP(=O)(O)OC[C@@H](COC(=O)CCCCCCCCCCCCCCCCCCC)OC(=O)CCCCCCC/C=C\CCCCCCCC. The van der Waals surface area contributed by atoms with Gasteiger partial charge >= 0.3 is 39.5 Å². The van der Waals surface area contributed by atoms with Crippen molar-refractivity contribution in [2.24, 2.45) is 0 Å². The molecule has 600 valence electrons. The number of ether oxygens (including phenoxy) is 4. The second-order valence-corrected chi connectivity index (χ2v) is 31.7. The predicted octanol–water partition coefficient (Wildman–Crippen LogP) is 24.7. The molecule has 0 aliphatic rings. The molecule has 0 aliphatic carbocycles. The number of unbranched alkanes of at least 4 members (excludes halogenated alkanes) is 49. The Balaban J connectivity index is 5.31. The fourth-order valence-corrected chi connectivity index (χ4v) is 13.7. The zero-order chi connectivity index (χ0) is 74.6. The lowest BCUT2D eigenvalue weighted by Gasteiger charge is -2.21. The van der Waals surface area contributed by atoms with Crippen molar-refractivity contribution in [1.82, 2.24) is 0 Å². The summed E-state index contributed by atoms with van der Waals surface area (Å²) in [5.41, 5.74) is 0. The van der Waals surface area contributed by atoms with Gasteiger partial charge in [-0.3, -0.25) is 37.3 Å². The summed E-state index contributed by atoms with van der Waals surface area (Å²) in [7, 11) is -9.94. The zero-order valence-corrected chi connectivity index (χ0v) is 67.6. The van der Waals surface area contributed by atoms with Crippen molar-refractivity contribution in [3.63, 3.8) is 0 Å². The Morgan fingerprint density at radius 3 is 0.755 bits per heavy atom. The molecule has 0 saturated carbocycles. The van der Waals surface area contributed by atoms with Crippen molar-refractivity contribution in [1.29, 1.82) is 0 Å². The Morgan fingerprint density at radius 1 is 0.275 bits per heavy atom. The first kappa shape index (κ1) is 99.3. The maximum atomic E-state index is 13.1. The van der Waals surface area contributed by atoms with Crippen molar-refractivity contribution in [3.05, 3.63) is 36.5 Å². The molecule has 0 spiro atoms. The summed E-state index contributed by atoms with van der Waals surface area (Å²) >= 11 is 0. The molecular weight excluding hydrogens is 1330 g/mol. The third kappa shape index (κ3) is 75.5. The third-order valence-corrected chi connectivity index (χ3v) is 20.5. The number of carbonyl (C=O) groups excluding carboxylic acids is 4. The van der Waals surface area contributed by atoms with E-state index >= 15 is 0 Å². The first-order valence-corrected chi connectivity index (χ1v) is 45.2. The van der Waals surface area contributed by atoms with Gasteiger partial charge in [0, 0.05) is 25.7 Å². The van der Waals surface area contributed by atoms with Crippen LogP contribution in [0.2, 0.25) is 0 Å². The normalized spacial score (nSPS) is 14.0. The third-order valence-electron chi connectivity index (χ3n) is 18.6. The second-order valence-electron chi connectivity index (χ2n) is 28.8. The lowest BCUT2D eigenvalue weighted by Crippen LogP contribution is -2.30. The quantitative estimate of drug-likeness (QED) is 0.0169. The maximum absolute atomic E-state index is 13.1. The monoisotopic (exact) mass is 1490 g/mol. The van der Waals surface area contributed by atoms with Crippen LogP contribution in [0.5, 0.6) is 0 Å². The van der Waals surface area contributed by atoms with Gasteiger partial charge < -0.3 is 33.8 Å². The van der Waals surface area contributed by atoms with Crippen LogP contribution in [0, 0.1) is 0 Å². The molecule has 0 fully saturated rings. The summed E-state index contributed by atoms with van der Waals surface area (Å²) in [6.45, 7) is 4.94. The van der Waals surface area contributed by atoms with Gasteiger partial charge in [0.15, 0.2) is 12.2 Å². The van der Waals surface area contributed by atoms with Crippen LogP contribution in [0.25, 0.3) is 0 Å². The van der Waals surface area contributed by atoms with E-state index in [0.717, 1.165) is 122 Å². The van der Waals surface area contributed by atoms with E-state index in [0.29, 0.717) is 25.7 Å². The summed E-state index contributed by atoms with van der Waals surface area (Å²) in [6.07, 6.45) is 73.9. The summed E-state index contributed by atoms with van der Waals surface area (Å²) in [4.78, 5) is 73.1.